The molecular formula is C10H23N5O. The number of nitrogens with one attached hydrogen (secondary N) is 3. The van der Waals surface area contributed by atoms with Crippen LogP contribution in [-0.4, -0.2) is 30.5 Å². The highest BCUT2D eigenvalue weighted by Gasteiger charge is 2.14. The van der Waals surface area contributed by atoms with Crippen molar-refractivity contribution in [1.29, 1.82) is 0 Å². The third-order valence-corrected chi connectivity index (χ3v) is 1.81. The highest BCUT2D eigenvalue weighted by atomic mass is 16.2. The standard InChI is InChI=1S/C10H23N5O/c1-5-6-12-10(15-11)14-8(4)9(16)13-7(2)3/h7-8H,5-6,11H2,1-4H3,(H,13,16)(H2,12,14,15). The summed E-state index contributed by atoms with van der Waals surface area (Å²) in [6.07, 6.45) is 0.930. The summed E-state index contributed by atoms with van der Waals surface area (Å²) in [5.74, 6) is 5.65. The lowest BCUT2D eigenvalue weighted by Gasteiger charge is -2.17. The van der Waals surface area contributed by atoms with E-state index in [-0.39, 0.29) is 18.0 Å². The second kappa shape index (κ2) is 7.92. The second-order valence-electron chi connectivity index (χ2n) is 3.90. The summed E-state index contributed by atoms with van der Waals surface area (Å²) in [6, 6.07) is -0.243. The van der Waals surface area contributed by atoms with Gasteiger partial charge in [-0.2, -0.15) is 0 Å². The number of carbonyl (C=O) groups excluding carboxylic acids is 1. The number of amides is 1. The van der Waals surface area contributed by atoms with Crippen LogP contribution in [0, 0.1) is 0 Å². The molecule has 0 saturated carbocycles. The molecule has 0 fully saturated rings. The molecule has 6 nitrogen and oxygen atoms in total. The molecule has 0 spiro atoms. The Kier molecular flexibility index (Phi) is 7.28. The fourth-order valence-electron chi connectivity index (χ4n) is 1.04. The van der Waals surface area contributed by atoms with E-state index in [1.165, 1.54) is 0 Å². The first-order valence-electron chi connectivity index (χ1n) is 5.59. The van der Waals surface area contributed by atoms with Gasteiger partial charge in [-0.25, -0.2) is 5.84 Å². The largest absolute Gasteiger partial charge is 0.352 e. The Labute approximate surface area is 97.0 Å². The summed E-state index contributed by atoms with van der Waals surface area (Å²) in [7, 11) is 0. The van der Waals surface area contributed by atoms with Crippen molar-refractivity contribution >= 4 is 11.9 Å². The quantitative estimate of drug-likeness (QED) is 0.226. The number of nitrogens with two attached hydrogens (primary N) is 1. The van der Waals surface area contributed by atoms with Crippen LogP contribution in [0.15, 0.2) is 4.99 Å². The summed E-state index contributed by atoms with van der Waals surface area (Å²) in [4.78, 5) is 15.7. The number of rotatable bonds is 5. The molecular weight excluding hydrogens is 206 g/mol. The van der Waals surface area contributed by atoms with Gasteiger partial charge in [0.15, 0.2) is 0 Å². The normalized spacial score (nSPS) is 13.5. The SMILES string of the molecule is CCCN=C(NN)NC(C)C(=O)NC(C)C. The lowest BCUT2D eigenvalue weighted by atomic mass is 10.3. The average Bonchev–Trinajstić information content (AvgIpc) is 2.22. The molecule has 0 aromatic carbocycles. The first kappa shape index (κ1) is 14.7. The molecule has 0 rings (SSSR count). The van der Waals surface area contributed by atoms with Gasteiger partial charge in [-0.1, -0.05) is 6.92 Å². The van der Waals surface area contributed by atoms with E-state index in [0.717, 1.165) is 6.42 Å². The topological polar surface area (TPSA) is 91.5 Å². The van der Waals surface area contributed by atoms with Gasteiger partial charge in [-0.3, -0.25) is 15.2 Å². The van der Waals surface area contributed by atoms with Gasteiger partial charge in [0.2, 0.25) is 11.9 Å². The van der Waals surface area contributed by atoms with Crippen LogP contribution in [0.4, 0.5) is 0 Å². The molecule has 5 N–H and O–H groups in total. The van der Waals surface area contributed by atoms with Crippen molar-refractivity contribution in [2.24, 2.45) is 10.8 Å². The lowest BCUT2D eigenvalue weighted by molar-refractivity contribution is -0.122. The Hall–Kier alpha value is -1.30. The lowest BCUT2D eigenvalue weighted by Crippen LogP contribution is -2.52. The van der Waals surface area contributed by atoms with Crippen LogP contribution in [0.2, 0.25) is 0 Å². The summed E-state index contributed by atoms with van der Waals surface area (Å²) in [6.45, 7) is 8.28. The van der Waals surface area contributed by atoms with E-state index in [4.69, 9.17) is 5.84 Å². The van der Waals surface area contributed by atoms with Crippen molar-refractivity contribution in [2.75, 3.05) is 6.54 Å². The van der Waals surface area contributed by atoms with Crippen LogP contribution >= 0.6 is 0 Å². The molecule has 94 valence electrons. The Balaban J connectivity index is 4.18. The average molecular weight is 229 g/mol. The molecule has 0 aliphatic heterocycles. The third-order valence-electron chi connectivity index (χ3n) is 1.81. The molecule has 0 saturated heterocycles. The smallest absolute Gasteiger partial charge is 0.242 e. The molecule has 0 aliphatic carbocycles. The molecule has 6 heteroatoms. The maximum Gasteiger partial charge on any atom is 0.242 e. The van der Waals surface area contributed by atoms with E-state index < -0.39 is 0 Å². The van der Waals surface area contributed by atoms with Crippen LogP contribution in [0.5, 0.6) is 0 Å². The van der Waals surface area contributed by atoms with E-state index in [1.54, 1.807) is 6.92 Å². The van der Waals surface area contributed by atoms with Gasteiger partial charge >= 0.3 is 0 Å². The Morgan fingerprint density at radius 3 is 2.38 bits per heavy atom. The number of hydrazine groups is 1. The maximum absolute atomic E-state index is 11.6. The van der Waals surface area contributed by atoms with Crippen molar-refractivity contribution in [3.05, 3.63) is 0 Å². The van der Waals surface area contributed by atoms with Crippen LogP contribution in [0.3, 0.4) is 0 Å². The number of hydrogen-bond acceptors (Lipinski definition) is 3. The van der Waals surface area contributed by atoms with Gasteiger partial charge in [0.25, 0.3) is 0 Å². The summed E-state index contributed by atoms with van der Waals surface area (Å²) in [5.41, 5.74) is 2.43. The maximum atomic E-state index is 11.6. The number of aliphatic imine (C=N–C) groups is 1. The second-order valence-corrected chi connectivity index (χ2v) is 3.90. The zero-order valence-corrected chi connectivity index (χ0v) is 10.5. The molecule has 1 amide bonds. The monoisotopic (exact) mass is 229 g/mol. The highest BCUT2D eigenvalue weighted by Crippen LogP contribution is 1.86. The zero-order valence-electron chi connectivity index (χ0n) is 10.5. The van der Waals surface area contributed by atoms with Crippen LogP contribution in [0.25, 0.3) is 0 Å². The van der Waals surface area contributed by atoms with Crippen molar-refractivity contribution in [2.45, 2.75) is 46.2 Å². The summed E-state index contributed by atoms with van der Waals surface area (Å²) in [5, 5.41) is 5.71. The van der Waals surface area contributed by atoms with Crippen LogP contribution in [0.1, 0.15) is 34.1 Å². The minimum Gasteiger partial charge on any atom is -0.352 e. The molecule has 0 aromatic heterocycles. The minimum absolute atomic E-state index is 0.0746. The fraction of sp³-hybridized carbons (Fsp3) is 0.800. The minimum atomic E-state index is -0.367. The highest BCUT2D eigenvalue weighted by molar-refractivity contribution is 5.88. The molecule has 0 aliphatic rings. The van der Waals surface area contributed by atoms with Gasteiger partial charge in [-0.05, 0) is 27.2 Å². The van der Waals surface area contributed by atoms with E-state index in [2.05, 4.69) is 21.1 Å². The molecule has 0 heterocycles. The van der Waals surface area contributed by atoms with E-state index in [1.807, 2.05) is 20.8 Å². The van der Waals surface area contributed by atoms with Crippen molar-refractivity contribution in [3.8, 4) is 0 Å². The predicted molar refractivity (Wildman–Crippen MR) is 65.8 cm³/mol. The number of hydrogen-bond donors (Lipinski definition) is 4. The third kappa shape index (κ3) is 6.23. The van der Waals surface area contributed by atoms with Crippen molar-refractivity contribution in [3.63, 3.8) is 0 Å². The number of guanidine groups is 1. The molecule has 16 heavy (non-hydrogen) atoms. The first-order chi connectivity index (χ1) is 7.51. The molecule has 0 radical (unpaired) electrons. The zero-order chi connectivity index (χ0) is 12.6. The van der Waals surface area contributed by atoms with Crippen molar-refractivity contribution < 1.29 is 4.79 Å². The first-order valence-corrected chi connectivity index (χ1v) is 5.59. The number of nitrogens with zero attached hydrogens (tertiary/aromatic N) is 1. The number of carbonyl (C=O) groups is 1. The van der Waals surface area contributed by atoms with Crippen molar-refractivity contribution in [1.82, 2.24) is 16.1 Å². The Morgan fingerprint density at radius 2 is 1.94 bits per heavy atom. The molecule has 1 atom stereocenters. The van der Waals surface area contributed by atoms with E-state index >= 15 is 0 Å². The molecule has 0 bridgehead atoms. The van der Waals surface area contributed by atoms with E-state index in [0.29, 0.717) is 12.5 Å². The molecule has 0 aromatic rings. The Bertz CT molecular complexity index is 239. The van der Waals surface area contributed by atoms with E-state index in [9.17, 15) is 4.79 Å². The summed E-state index contributed by atoms with van der Waals surface area (Å²) >= 11 is 0. The van der Waals surface area contributed by atoms with Gasteiger partial charge in [0, 0.05) is 12.6 Å². The summed E-state index contributed by atoms with van der Waals surface area (Å²) < 4.78 is 0. The van der Waals surface area contributed by atoms with Gasteiger partial charge < -0.3 is 10.6 Å². The Morgan fingerprint density at radius 1 is 1.31 bits per heavy atom. The van der Waals surface area contributed by atoms with Crippen LogP contribution < -0.4 is 21.9 Å². The van der Waals surface area contributed by atoms with Gasteiger partial charge in [0.1, 0.15) is 6.04 Å². The predicted octanol–water partition coefficient (Wildman–Crippen LogP) is -0.282. The molecule has 1 unspecified atom stereocenters. The fourth-order valence-corrected chi connectivity index (χ4v) is 1.04. The van der Waals surface area contributed by atoms with Gasteiger partial charge in [-0.15, -0.1) is 0 Å². The van der Waals surface area contributed by atoms with Crippen LogP contribution in [-0.2, 0) is 4.79 Å². The van der Waals surface area contributed by atoms with Gasteiger partial charge in [0.05, 0.1) is 0 Å².